The second kappa shape index (κ2) is 6.24. The Morgan fingerprint density at radius 2 is 2.17 bits per heavy atom. The van der Waals surface area contributed by atoms with E-state index in [-0.39, 0.29) is 35.9 Å². The number of halogens is 1. The molecule has 2 N–H and O–H groups in total. The van der Waals surface area contributed by atoms with Crippen molar-refractivity contribution < 1.29 is 27.9 Å². The fraction of sp³-hybridized carbons (Fsp3) is 0.211. The fourth-order valence-corrected chi connectivity index (χ4v) is 3.82. The predicted octanol–water partition coefficient (Wildman–Crippen LogP) is 1.06. The van der Waals surface area contributed by atoms with Gasteiger partial charge in [-0.1, -0.05) is 6.07 Å². The molecule has 2 aliphatic heterocycles. The molecule has 152 valence electrons. The predicted molar refractivity (Wildman–Crippen MR) is 97.8 cm³/mol. The van der Waals surface area contributed by atoms with Gasteiger partial charge >= 0.3 is 6.03 Å². The van der Waals surface area contributed by atoms with Crippen LogP contribution in [0.5, 0.6) is 5.75 Å². The van der Waals surface area contributed by atoms with Crippen LogP contribution >= 0.6 is 0 Å². The van der Waals surface area contributed by atoms with E-state index < -0.39 is 29.2 Å². The molecule has 5 rings (SSSR count). The van der Waals surface area contributed by atoms with Gasteiger partial charge in [0.05, 0.1) is 24.6 Å². The lowest BCUT2D eigenvalue weighted by Gasteiger charge is -2.28. The Morgan fingerprint density at radius 1 is 1.33 bits per heavy atom. The van der Waals surface area contributed by atoms with Crippen molar-refractivity contribution in [1.82, 2.24) is 25.5 Å². The van der Waals surface area contributed by atoms with Crippen LogP contribution < -0.4 is 15.4 Å². The molecule has 1 aromatic carbocycles. The lowest BCUT2D eigenvalue weighted by Crippen LogP contribution is -2.52. The van der Waals surface area contributed by atoms with Gasteiger partial charge in [-0.3, -0.25) is 14.9 Å². The highest BCUT2D eigenvalue weighted by molar-refractivity contribution is 6.08. The summed E-state index contributed by atoms with van der Waals surface area (Å²) in [5.41, 5.74) is -1.14. The molecule has 4 heterocycles. The molecular weight excluding hydrogens is 397 g/mol. The van der Waals surface area contributed by atoms with Crippen LogP contribution in [0.25, 0.3) is 11.1 Å². The molecule has 0 aliphatic carbocycles. The first-order valence-electron chi connectivity index (χ1n) is 8.91. The van der Waals surface area contributed by atoms with Gasteiger partial charge in [-0.2, -0.15) is 0 Å². The number of fused-ring (bicyclic) bond motifs is 2. The Hall–Kier alpha value is -4.02. The van der Waals surface area contributed by atoms with Crippen molar-refractivity contribution in [2.45, 2.75) is 12.1 Å². The molecule has 30 heavy (non-hydrogen) atoms. The van der Waals surface area contributed by atoms with E-state index in [2.05, 4.69) is 20.6 Å². The van der Waals surface area contributed by atoms with E-state index in [0.717, 1.165) is 0 Å². The number of nitrogens with one attached hydrogen (secondary N) is 2. The van der Waals surface area contributed by atoms with Crippen LogP contribution in [0.4, 0.5) is 9.18 Å². The summed E-state index contributed by atoms with van der Waals surface area (Å²) in [4.78, 5) is 46.9. The number of furan rings is 1. The van der Waals surface area contributed by atoms with E-state index in [1.165, 1.54) is 36.7 Å². The molecule has 11 heteroatoms. The average Bonchev–Trinajstić information content (AvgIpc) is 3.37. The third kappa shape index (κ3) is 2.44. The normalized spacial score (nSPS) is 20.5. The van der Waals surface area contributed by atoms with Crippen LogP contribution in [0.3, 0.4) is 0 Å². The Balaban J connectivity index is 1.56. The number of aromatic nitrogens is 2. The summed E-state index contributed by atoms with van der Waals surface area (Å²) in [6, 6.07) is 3.82. The molecule has 10 nitrogen and oxygen atoms in total. The van der Waals surface area contributed by atoms with Crippen LogP contribution in [0.1, 0.15) is 21.7 Å². The van der Waals surface area contributed by atoms with Crippen molar-refractivity contribution >= 4 is 28.9 Å². The maximum absolute atomic E-state index is 14.7. The van der Waals surface area contributed by atoms with E-state index in [1.807, 2.05) is 0 Å². The number of rotatable bonds is 4. The summed E-state index contributed by atoms with van der Waals surface area (Å²) < 4.78 is 25.3. The Labute approximate surface area is 168 Å². The number of hydrogen-bond donors (Lipinski definition) is 2. The van der Waals surface area contributed by atoms with Crippen LogP contribution in [0.15, 0.2) is 35.1 Å². The molecule has 1 saturated heterocycles. The molecular formula is C19H14FN5O5. The van der Waals surface area contributed by atoms with E-state index in [4.69, 9.17) is 9.15 Å². The monoisotopic (exact) mass is 411 g/mol. The van der Waals surface area contributed by atoms with E-state index in [9.17, 15) is 18.8 Å². The molecule has 2 aliphatic rings. The summed E-state index contributed by atoms with van der Waals surface area (Å²) in [7, 11) is 1.31. The third-order valence-electron chi connectivity index (χ3n) is 5.26. The summed E-state index contributed by atoms with van der Waals surface area (Å²) in [5, 5.41) is 5.25. The van der Waals surface area contributed by atoms with E-state index in [1.54, 1.807) is 6.07 Å². The highest BCUT2D eigenvalue weighted by Crippen LogP contribution is 2.35. The van der Waals surface area contributed by atoms with Gasteiger partial charge in [0.1, 0.15) is 12.1 Å². The third-order valence-corrected chi connectivity index (χ3v) is 5.26. The van der Waals surface area contributed by atoms with Crippen LogP contribution in [0.2, 0.25) is 0 Å². The van der Waals surface area contributed by atoms with Gasteiger partial charge in [0, 0.05) is 12.7 Å². The second-order valence-corrected chi connectivity index (χ2v) is 6.98. The summed E-state index contributed by atoms with van der Waals surface area (Å²) in [6.07, 6.45) is 2.78. The van der Waals surface area contributed by atoms with Gasteiger partial charge in [0.15, 0.2) is 17.1 Å². The number of methoxy groups -OCH3 is 1. The molecule has 3 aromatic rings. The number of ether oxygens (including phenoxy) is 1. The van der Waals surface area contributed by atoms with Crippen LogP contribution in [-0.2, 0) is 16.9 Å². The van der Waals surface area contributed by atoms with Crippen LogP contribution in [0, 0.1) is 5.82 Å². The number of urea groups is 1. The maximum atomic E-state index is 14.7. The molecule has 2 aromatic heterocycles. The largest absolute Gasteiger partial charge is 0.494 e. The highest BCUT2D eigenvalue weighted by Gasteiger charge is 2.53. The summed E-state index contributed by atoms with van der Waals surface area (Å²) in [5.74, 6) is -2.05. The average molecular weight is 411 g/mol. The van der Waals surface area contributed by atoms with Crippen molar-refractivity contribution in [1.29, 1.82) is 0 Å². The Kier molecular flexibility index (Phi) is 3.75. The Bertz CT molecular complexity index is 1210. The molecule has 0 spiro atoms. The first-order chi connectivity index (χ1) is 14.4. The first kappa shape index (κ1) is 18.0. The van der Waals surface area contributed by atoms with Crippen molar-refractivity contribution in [3.63, 3.8) is 0 Å². The smallest absolute Gasteiger partial charge is 0.322 e. The highest BCUT2D eigenvalue weighted by atomic mass is 19.1. The van der Waals surface area contributed by atoms with E-state index >= 15 is 0 Å². The van der Waals surface area contributed by atoms with Gasteiger partial charge in [-0.05, 0) is 17.7 Å². The lowest BCUT2D eigenvalue weighted by molar-refractivity contribution is -0.125. The van der Waals surface area contributed by atoms with Crippen molar-refractivity contribution in [2.24, 2.45) is 0 Å². The molecule has 0 saturated carbocycles. The Morgan fingerprint density at radius 3 is 2.87 bits per heavy atom. The minimum Gasteiger partial charge on any atom is -0.494 e. The molecule has 4 amide bonds. The molecule has 1 unspecified atom stereocenters. The van der Waals surface area contributed by atoms with Crippen molar-refractivity contribution in [2.75, 3.05) is 13.7 Å². The molecule has 0 radical (unpaired) electrons. The van der Waals surface area contributed by atoms with Gasteiger partial charge in [-0.25, -0.2) is 19.2 Å². The lowest BCUT2D eigenvalue weighted by atomic mass is 9.95. The zero-order chi connectivity index (χ0) is 21.0. The number of carbonyl (C=O) groups is 3. The molecule has 0 bridgehead atoms. The van der Waals surface area contributed by atoms with Gasteiger partial charge in [0.2, 0.25) is 5.71 Å². The van der Waals surface area contributed by atoms with E-state index in [0.29, 0.717) is 10.9 Å². The van der Waals surface area contributed by atoms with Crippen molar-refractivity contribution in [3.8, 4) is 5.75 Å². The maximum Gasteiger partial charge on any atom is 0.322 e. The summed E-state index contributed by atoms with van der Waals surface area (Å²) in [6.45, 7) is -0.215. The number of carbonyl (C=O) groups excluding carboxylic acids is 3. The zero-order valence-corrected chi connectivity index (χ0v) is 15.6. The minimum absolute atomic E-state index is 0.0542. The van der Waals surface area contributed by atoms with Gasteiger partial charge in [-0.15, -0.1) is 0 Å². The quantitative estimate of drug-likeness (QED) is 0.615. The van der Waals surface area contributed by atoms with Crippen molar-refractivity contribution in [3.05, 3.63) is 53.4 Å². The molecule has 1 fully saturated rings. The fourth-order valence-electron chi connectivity index (χ4n) is 3.82. The number of benzene rings is 1. The number of hydrogen-bond acceptors (Lipinski definition) is 7. The van der Waals surface area contributed by atoms with Crippen LogP contribution in [-0.4, -0.2) is 46.4 Å². The zero-order valence-electron chi connectivity index (χ0n) is 15.6. The first-order valence-corrected chi connectivity index (χ1v) is 8.91. The number of imide groups is 1. The second-order valence-electron chi connectivity index (χ2n) is 6.98. The topological polar surface area (TPSA) is 127 Å². The van der Waals surface area contributed by atoms with Gasteiger partial charge < -0.3 is 19.4 Å². The number of nitrogens with zero attached hydrogens (tertiary/aromatic N) is 3. The number of amides is 4. The summed E-state index contributed by atoms with van der Waals surface area (Å²) >= 11 is 0. The van der Waals surface area contributed by atoms with Gasteiger partial charge in [0.25, 0.3) is 11.8 Å². The molecule has 1 atom stereocenters. The standard InChI is InChI=1S/C19H14FN5O5/c1-29-11-3-2-9-6-25(16(26)13(9)14(11)20)7-19(17(27)23-18(28)24-19)12-4-10-5-21-8-22-15(10)30-12/h2-5,8H,6-7H2,1H3,(H2,23,24,27,28). The minimum atomic E-state index is -1.70. The SMILES string of the molecule is COc1ccc2c(c1F)C(=O)N(CC1(c3cc4cncnc4o3)NC(=O)NC1=O)C2.